The molecule has 0 radical (unpaired) electrons. The van der Waals surface area contributed by atoms with E-state index >= 15 is 0 Å². The van der Waals surface area contributed by atoms with Crippen molar-refractivity contribution in [1.29, 1.82) is 0 Å². The molecule has 8 nitrogen and oxygen atoms in total. The van der Waals surface area contributed by atoms with Gasteiger partial charge in [0, 0.05) is 11.8 Å². The number of hydrogen-bond donors (Lipinski definition) is 1. The second-order valence-corrected chi connectivity index (χ2v) is 11.6. The number of nitrogens with zero attached hydrogens (tertiary/aromatic N) is 2. The van der Waals surface area contributed by atoms with Gasteiger partial charge in [0.2, 0.25) is 0 Å². The standard InChI is InChI=1S/C19H24FN3O5S2/c1-19(2,3)28-18(25)21-8-16(24)22-17-23(9-12-4-6-13(20)7-5-12)14-10-30(26,27)11-15(14)29-17/h4-7,14-15H,8-11H2,1-3H3,(H,21,25). The van der Waals surface area contributed by atoms with E-state index in [1.165, 1.54) is 23.9 Å². The topological polar surface area (TPSA) is 105 Å². The number of benzene rings is 1. The Labute approximate surface area is 179 Å². The van der Waals surface area contributed by atoms with E-state index in [1.807, 2.05) is 0 Å². The van der Waals surface area contributed by atoms with Gasteiger partial charge in [-0.2, -0.15) is 4.99 Å². The number of sulfone groups is 1. The Hall–Kier alpha value is -2.14. The fourth-order valence-electron chi connectivity index (χ4n) is 3.22. The van der Waals surface area contributed by atoms with Crippen LogP contribution in [0.1, 0.15) is 26.3 Å². The molecule has 2 amide bonds. The summed E-state index contributed by atoms with van der Waals surface area (Å²) in [5.74, 6) is -0.940. The number of alkyl carbamates (subject to hydrolysis) is 1. The van der Waals surface area contributed by atoms with Crippen molar-refractivity contribution >= 4 is 38.8 Å². The molecule has 0 spiro atoms. The average molecular weight is 458 g/mol. The van der Waals surface area contributed by atoms with Gasteiger partial charge in [-0.15, -0.1) is 0 Å². The van der Waals surface area contributed by atoms with Crippen LogP contribution in [-0.4, -0.2) is 65.4 Å². The van der Waals surface area contributed by atoms with Crippen LogP contribution < -0.4 is 5.32 Å². The van der Waals surface area contributed by atoms with E-state index in [0.717, 1.165) is 5.56 Å². The van der Waals surface area contributed by atoms with Crippen molar-refractivity contribution in [3.63, 3.8) is 0 Å². The summed E-state index contributed by atoms with van der Waals surface area (Å²) in [4.78, 5) is 29.9. The zero-order valence-electron chi connectivity index (χ0n) is 16.9. The Morgan fingerprint density at radius 2 is 1.93 bits per heavy atom. The molecule has 0 aliphatic carbocycles. The van der Waals surface area contributed by atoms with E-state index in [1.54, 1.807) is 37.8 Å². The minimum Gasteiger partial charge on any atom is -0.444 e. The molecule has 1 N–H and O–H groups in total. The Morgan fingerprint density at radius 3 is 2.57 bits per heavy atom. The summed E-state index contributed by atoms with van der Waals surface area (Å²) in [5.41, 5.74) is 0.0869. The molecular formula is C19H24FN3O5S2. The van der Waals surface area contributed by atoms with Gasteiger partial charge >= 0.3 is 6.09 Å². The number of halogens is 1. The maximum absolute atomic E-state index is 13.2. The highest BCUT2D eigenvalue weighted by Gasteiger charge is 2.48. The number of amides is 2. The molecule has 2 aliphatic rings. The Kier molecular flexibility index (Phi) is 6.42. The fraction of sp³-hybridized carbons (Fsp3) is 0.526. The molecule has 3 rings (SSSR count). The highest BCUT2D eigenvalue weighted by Crippen LogP contribution is 2.39. The largest absolute Gasteiger partial charge is 0.444 e. The van der Waals surface area contributed by atoms with Crippen LogP contribution in [0.4, 0.5) is 9.18 Å². The Balaban J connectivity index is 1.72. The number of carbonyl (C=O) groups excluding carboxylic acids is 2. The quantitative estimate of drug-likeness (QED) is 0.737. The van der Waals surface area contributed by atoms with Crippen LogP contribution in [-0.2, 0) is 25.9 Å². The minimum atomic E-state index is -3.16. The van der Waals surface area contributed by atoms with Crippen molar-refractivity contribution in [2.24, 2.45) is 4.99 Å². The smallest absolute Gasteiger partial charge is 0.408 e. The minimum absolute atomic E-state index is 0.0186. The summed E-state index contributed by atoms with van der Waals surface area (Å²) in [6.45, 7) is 5.10. The number of rotatable bonds is 4. The molecule has 0 bridgehead atoms. The van der Waals surface area contributed by atoms with Crippen LogP contribution in [0, 0.1) is 5.82 Å². The average Bonchev–Trinajstić information content (AvgIpc) is 3.06. The van der Waals surface area contributed by atoms with Crippen LogP contribution in [0.25, 0.3) is 0 Å². The van der Waals surface area contributed by atoms with Crippen LogP contribution >= 0.6 is 11.8 Å². The van der Waals surface area contributed by atoms with Crippen LogP contribution in [0.2, 0.25) is 0 Å². The van der Waals surface area contributed by atoms with Gasteiger partial charge in [-0.1, -0.05) is 23.9 Å². The van der Waals surface area contributed by atoms with Gasteiger partial charge in [-0.25, -0.2) is 17.6 Å². The summed E-state index contributed by atoms with van der Waals surface area (Å²) in [7, 11) is -3.16. The summed E-state index contributed by atoms with van der Waals surface area (Å²) in [5, 5.41) is 2.55. The number of fused-ring (bicyclic) bond motifs is 1. The van der Waals surface area contributed by atoms with Crippen molar-refractivity contribution in [2.45, 2.75) is 44.2 Å². The normalized spacial score (nSPS) is 24.0. The molecule has 2 aliphatic heterocycles. The van der Waals surface area contributed by atoms with Gasteiger partial charge in [0.25, 0.3) is 5.91 Å². The third-order valence-corrected chi connectivity index (χ3v) is 7.69. The summed E-state index contributed by atoms with van der Waals surface area (Å²) >= 11 is 1.24. The number of carbonyl (C=O) groups is 2. The van der Waals surface area contributed by atoms with E-state index in [2.05, 4.69) is 10.3 Å². The lowest BCUT2D eigenvalue weighted by Crippen LogP contribution is -2.38. The molecule has 2 heterocycles. The Morgan fingerprint density at radius 1 is 1.27 bits per heavy atom. The molecule has 1 aromatic carbocycles. The first-order valence-corrected chi connectivity index (χ1v) is 12.1. The predicted molar refractivity (Wildman–Crippen MR) is 112 cm³/mol. The van der Waals surface area contributed by atoms with E-state index in [-0.39, 0.29) is 35.2 Å². The van der Waals surface area contributed by atoms with Crippen molar-refractivity contribution in [3.8, 4) is 0 Å². The number of aliphatic imine (C=N–C) groups is 1. The molecular weight excluding hydrogens is 433 g/mol. The SMILES string of the molecule is CC(C)(C)OC(=O)NCC(=O)N=C1SC2CS(=O)(=O)CC2N1Cc1ccc(F)cc1. The summed E-state index contributed by atoms with van der Waals surface area (Å²) in [6, 6.07) is 5.57. The van der Waals surface area contributed by atoms with Crippen molar-refractivity contribution in [2.75, 3.05) is 18.1 Å². The summed E-state index contributed by atoms with van der Waals surface area (Å²) < 4.78 is 42.4. The predicted octanol–water partition coefficient (Wildman–Crippen LogP) is 1.95. The lowest BCUT2D eigenvalue weighted by Gasteiger charge is -2.24. The zero-order valence-corrected chi connectivity index (χ0v) is 18.6. The monoisotopic (exact) mass is 457 g/mol. The van der Waals surface area contributed by atoms with E-state index in [0.29, 0.717) is 11.7 Å². The molecule has 0 saturated carbocycles. The Bertz CT molecular complexity index is 957. The number of hydrogen-bond acceptors (Lipinski definition) is 6. The zero-order chi connectivity index (χ0) is 22.1. The maximum Gasteiger partial charge on any atom is 0.408 e. The fourth-order valence-corrected chi connectivity index (χ4v) is 7.18. The van der Waals surface area contributed by atoms with E-state index in [4.69, 9.17) is 4.74 Å². The summed E-state index contributed by atoms with van der Waals surface area (Å²) in [6.07, 6.45) is -0.721. The number of nitrogens with one attached hydrogen (secondary N) is 1. The first-order valence-electron chi connectivity index (χ1n) is 9.38. The highest BCUT2D eigenvalue weighted by atomic mass is 32.2. The van der Waals surface area contributed by atoms with Crippen LogP contribution in [0.15, 0.2) is 29.3 Å². The van der Waals surface area contributed by atoms with Gasteiger partial charge < -0.3 is 15.0 Å². The van der Waals surface area contributed by atoms with Crippen molar-refractivity contribution in [3.05, 3.63) is 35.6 Å². The number of amidine groups is 1. The lowest BCUT2D eigenvalue weighted by molar-refractivity contribution is -0.117. The van der Waals surface area contributed by atoms with Gasteiger partial charge in [-0.3, -0.25) is 4.79 Å². The van der Waals surface area contributed by atoms with Gasteiger partial charge in [0.05, 0.1) is 17.5 Å². The molecule has 30 heavy (non-hydrogen) atoms. The van der Waals surface area contributed by atoms with Crippen molar-refractivity contribution < 1.29 is 27.1 Å². The van der Waals surface area contributed by atoms with Crippen LogP contribution in [0.5, 0.6) is 0 Å². The van der Waals surface area contributed by atoms with Crippen LogP contribution in [0.3, 0.4) is 0 Å². The highest BCUT2D eigenvalue weighted by molar-refractivity contribution is 8.15. The van der Waals surface area contributed by atoms with E-state index in [9.17, 15) is 22.4 Å². The molecule has 2 unspecified atom stereocenters. The first kappa shape index (κ1) is 22.5. The molecule has 2 fully saturated rings. The third kappa shape index (κ3) is 5.94. The lowest BCUT2D eigenvalue weighted by atomic mass is 10.1. The molecule has 2 atom stereocenters. The number of thioether (sulfide) groups is 1. The second-order valence-electron chi connectivity index (χ2n) is 8.20. The third-order valence-electron chi connectivity index (χ3n) is 4.44. The van der Waals surface area contributed by atoms with Gasteiger partial charge in [0.15, 0.2) is 15.0 Å². The molecule has 0 aromatic heterocycles. The second kappa shape index (κ2) is 8.54. The van der Waals surface area contributed by atoms with Crippen molar-refractivity contribution in [1.82, 2.24) is 10.2 Å². The number of ether oxygens (including phenoxy) is 1. The van der Waals surface area contributed by atoms with Gasteiger partial charge in [0.1, 0.15) is 18.0 Å². The maximum atomic E-state index is 13.2. The van der Waals surface area contributed by atoms with Gasteiger partial charge in [-0.05, 0) is 38.5 Å². The molecule has 11 heteroatoms. The molecule has 2 saturated heterocycles. The molecule has 164 valence electrons. The molecule has 1 aromatic rings. The van der Waals surface area contributed by atoms with E-state index < -0.39 is 27.4 Å². The first-order chi connectivity index (χ1) is 13.9.